The number of hydrogen-bond donors (Lipinski definition) is 2. The molecule has 2 amide bonds. The van der Waals surface area contributed by atoms with E-state index in [1.54, 1.807) is 44.2 Å². The minimum atomic E-state index is -1.90. The highest BCUT2D eigenvalue weighted by atomic mass is 31.2. The van der Waals surface area contributed by atoms with Gasteiger partial charge in [0.2, 0.25) is 6.93 Å². The Bertz CT molecular complexity index is 870. The third kappa shape index (κ3) is 12.3. The molecule has 1 heterocycles. The molecule has 1 aliphatic heterocycles. The number of aldehydes is 1. The quantitative estimate of drug-likeness (QED) is 0.132. The van der Waals surface area contributed by atoms with Crippen LogP contribution in [0.5, 0.6) is 5.75 Å². The zero-order valence-electron chi connectivity index (χ0n) is 20.4. The molecule has 4 atom stereocenters. The number of nitrogens with zero attached hydrogens (tertiary/aromatic N) is 1. The third-order valence-corrected chi connectivity index (χ3v) is 5.48. The average Bonchev–Trinajstić information content (AvgIpc) is 3.24. The molecule has 0 spiro atoms. The molecule has 0 radical (unpaired) electrons. The number of amides is 2. The Morgan fingerprint density at radius 1 is 1.27 bits per heavy atom. The Hall–Kier alpha value is -2.80. The van der Waals surface area contributed by atoms with Crippen LogP contribution in [0.2, 0.25) is 0 Å². The lowest BCUT2D eigenvalue weighted by Gasteiger charge is -2.25. The third-order valence-electron chi connectivity index (χ3n) is 4.30. The van der Waals surface area contributed by atoms with Gasteiger partial charge >= 0.3 is 20.5 Å². The maximum absolute atomic E-state index is 14.6. The highest BCUT2D eigenvalue weighted by Crippen LogP contribution is 2.37. The summed E-state index contributed by atoms with van der Waals surface area (Å²) in [6.45, 7) is 1.18. The molecule has 208 valence electrons. The van der Waals surface area contributed by atoms with Crippen molar-refractivity contribution in [1.82, 2.24) is 15.3 Å². The molecule has 1 aromatic carbocycles. The minimum Gasteiger partial charge on any atom is -0.462 e. The average molecular weight is 555 g/mol. The number of rotatable bonds is 12. The van der Waals surface area contributed by atoms with Crippen molar-refractivity contribution in [2.24, 2.45) is 0 Å². The molecule has 0 bridgehead atoms. The van der Waals surface area contributed by atoms with Gasteiger partial charge in [-0.1, -0.05) is 18.2 Å². The van der Waals surface area contributed by atoms with Crippen LogP contribution in [0.3, 0.4) is 0 Å². The normalized spacial score (nSPS) is 19.9. The maximum atomic E-state index is 14.6. The predicted molar refractivity (Wildman–Crippen MR) is 126 cm³/mol. The molecule has 15 heteroatoms. The van der Waals surface area contributed by atoms with E-state index in [1.807, 2.05) is 0 Å². The highest BCUT2D eigenvalue weighted by molar-refractivity contribution is 7.45. The number of esters is 1. The van der Waals surface area contributed by atoms with Crippen molar-refractivity contribution >= 4 is 26.8 Å². The van der Waals surface area contributed by atoms with Gasteiger partial charge in [0.1, 0.15) is 30.8 Å². The number of alkyl halides is 3. The van der Waals surface area contributed by atoms with Gasteiger partial charge in [-0.25, -0.2) is 27.4 Å². The summed E-state index contributed by atoms with van der Waals surface area (Å²) in [6, 6.07) is 7.87. The second-order valence-corrected chi connectivity index (χ2v) is 8.68. The lowest BCUT2D eigenvalue weighted by molar-refractivity contribution is -0.145. The number of hydrogen-bond acceptors (Lipinski definition) is 8. The molecule has 4 unspecified atom stereocenters. The van der Waals surface area contributed by atoms with E-state index < -0.39 is 51.8 Å². The van der Waals surface area contributed by atoms with E-state index >= 15 is 0 Å². The van der Waals surface area contributed by atoms with Crippen molar-refractivity contribution in [3.8, 4) is 5.75 Å². The number of nitrogens with one attached hydrogen (secondary N) is 2. The Kier molecular flexibility index (Phi) is 15.3. The summed E-state index contributed by atoms with van der Waals surface area (Å²) in [7, 11) is -0.600. The number of allylic oxidation sites excluding steroid dienone is 1. The van der Waals surface area contributed by atoms with Gasteiger partial charge in [-0.2, -0.15) is 0 Å². The van der Waals surface area contributed by atoms with E-state index in [0.717, 1.165) is 4.90 Å². The number of halogens is 4. The van der Waals surface area contributed by atoms with Gasteiger partial charge in [-0.3, -0.25) is 14.5 Å². The predicted octanol–water partition coefficient (Wildman–Crippen LogP) is 3.84. The molecule has 0 aromatic heterocycles. The summed E-state index contributed by atoms with van der Waals surface area (Å²) in [5, 5.41) is 5.08. The van der Waals surface area contributed by atoms with Crippen LogP contribution in [0.1, 0.15) is 20.3 Å². The van der Waals surface area contributed by atoms with E-state index in [4.69, 9.17) is 18.5 Å². The fourth-order valence-electron chi connectivity index (χ4n) is 2.83. The van der Waals surface area contributed by atoms with Crippen LogP contribution in [0.25, 0.3) is 0 Å². The SMILES string of the molecule is CNC(=O)N(/C=C(/F)C=O)C1CC(F)C(COP(NCC(=O)OC(C)C)Oc2ccccc2)O1.FCF. The van der Waals surface area contributed by atoms with Gasteiger partial charge in [0, 0.05) is 13.5 Å². The molecule has 1 aromatic rings. The van der Waals surface area contributed by atoms with Crippen LogP contribution in [0, 0.1) is 0 Å². The first-order chi connectivity index (χ1) is 17.6. The zero-order chi connectivity index (χ0) is 27.8. The standard InChI is InChI=1S/C21H28F2N3O7P.CH2F2/c1-14(2)31-20(28)10-25-34(33-16-7-5-4-6-8-16)30-13-18-17(23)9-19(32-18)26(21(29)24-3)11-15(22)12-27;2-1-3/h4-8,11-12,14,17-19,25H,9-10,13H2,1-3H3,(H,24,29);1H2/b15-11+;. The van der Waals surface area contributed by atoms with Gasteiger partial charge in [0.25, 0.3) is 0 Å². The molecule has 0 aliphatic carbocycles. The molecule has 2 N–H and O–H groups in total. The van der Waals surface area contributed by atoms with Crippen molar-refractivity contribution in [3.05, 3.63) is 42.4 Å². The maximum Gasteiger partial charge on any atom is 0.323 e. The smallest absolute Gasteiger partial charge is 0.323 e. The van der Waals surface area contributed by atoms with E-state index in [-0.39, 0.29) is 32.0 Å². The van der Waals surface area contributed by atoms with Crippen LogP contribution in [0.4, 0.5) is 22.4 Å². The summed E-state index contributed by atoms with van der Waals surface area (Å²) < 4.78 is 69.4. The Balaban J connectivity index is 0.00000217. The van der Waals surface area contributed by atoms with Crippen LogP contribution >= 0.6 is 8.53 Å². The fraction of sp³-hybridized carbons (Fsp3) is 0.500. The highest BCUT2D eigenvalue weighted by Gasteiger charge is 2.40. The Morgan fingerprint density at radius 2 is 1.92 bits per heavy atom. The van der Waals surface area contributed by atoms with E-state index in [2.05, 4.69) is 10.4 Å². The number of carbonyl (C=O) groups is 3. The largest absolute Gasteiger partial charge is 0.462 e. The second-order valence-electron chi connectivity index (χ2n) is 7.41. The summed E-state index contributed by atoms with van der Waals surface area (Å²) in [4.78, 5) is 35.3. The van der Waals surface area contributed by atoms with Crippen molar-refractivity contribution in [3.63, 3.8) is 0 Å². The first kappa shape index (κ1) is 32.2. The monoisotopic (exact) mass is 555 g/mol. The fourth-order valence-corrected chi connectivity index (χ4v) is 3.89. The van der Waals surface area contributed by atoms with Crippen molar-refractivity contribution in [2.45, 2.75) is 44.9 Å². The van der Waals surface area contributed by atoms with Crippen LogP contribution < -0.4 is 14.9 Å². The second kappa shape index (κ2) is 17.6. The molecule has 0 saturated carbocycles. The number of ether oxygens (including phenoxy) is 2. The van der Waals surface area contributed by atoms with Crippen LogP contribution in [-0.2, 0) is 23.6 Å². The summed E-state index contributed by atoms with van der Waals surface area (Å²) in [6.07, 6.45) is -3.83. The van der Waals surface area contributed by atoms with Gasteiger partial charge < -0.3 is 23.8 Å². The van der Waals surface area contributed by atoms with E-state index in [0.29, 0.717) is 11.9 Å². The van der Waals surface area contributed by atoms with Gasteiger partial charge in [-0.05, 0) is 26.0 Å². The van der Waals surface area contributed by atoms with E-state index in [9.17, 15) is 31.9 Å². The topological polar surface area (TPSA) is 115 Å². The van der Waals surface area contributed by atoms with Crippen LogP contribution in [-0.4, -0.2) is 74.9 Å². The lowest BCUT2D eigenvalue weighted by Crippen LogP contribution is -2.42. The van der Waals surface area contributed by atoms with Gasteiger partial charge in [-0.15, -0.1) is 0 Å². The van der Waals surface area contributed by atoms with E-state index in [1.165, 1.54) is 7.05 Å². The van der Waals surface area contributed by atoms with Crippen molar-refractivity contribution < 1.29 is 50.5 Å². The lowest BCUT2D eigenvalue weighted by atomic mass is 10.2. The molecule has 37 heavy (non-hydrogen) atoms. The summed E-state index contributed by atoms with van der Waals surface area (Å²) in [5.74, 6) is -1.28. The first-order valence-corrected chi connectivity index (χ1v) is 12.2. The first-order valence-electron chi connectivity index (χ1n) is 11.0. The van der Waals surface area contributed by atoms with Gasteiger partial charge in [0.15, 0.2) is 12.1 Å². The number of para-hydroxylation sites is 1. The molecular weight excluding hydrogens is 525 g/mol. The van der Waals surface area contributed by atoms with Gasteiger partial charge in [0.05, 0.1) is 18.9 Å². The number of urea groups is 1. The van der Waals surface area contributed by atoms with Crippen LogP contribution in [0.15, 0.2) is 42.4 Å². The number of carbonyl (C=O) groups excluding carboxylic acids is 3. The molecule has 10 nitrogen and oxygen atoms in total. The molecular formula is C22H30F4N3O7P. The molecule has 1 aliphatic rings. The molecule has 2 rings (SSSR count). The molecule has 1 saturated heterocycles. The van der Waals surface area contributed by atoms with Crippen molar-refractivity contribution in [1.29, 1.82) is 0 Å². The summed E-state index contributed by atoms with van der Waals surface area (Å²) >= 11 is 0. The molecule has 1 fully saturated rings. The Labute approximate surface area is 213 Å². The van der Waals surface area contributed by atoms with Crippen molar-refractivity contribution in [2.75, 3.05) is 27.1 Å². The minimum absolute atomic E-state index is 0.0808. The summed E-state index contributed by atoms with van der Waals surface area (Å²) in [5.41, 5.74) is 0. The zero-order valence-corrected chi connectivity index (χ0v) is 21.3. The number of benzene rings is 1. The Morgan fingerprint density at radius 3 is 2.49 bits per heavy atom.